The quantitative estimate of drug-likeness (QED) is 0.768. The maximum Gasteiger partial charge on any atom is 0.253 e. The second-order valence-electron chi connectivity index (χ2n) is 8.61. The Morgan fingerprint density at radius 3 is 2.73 bits per heavy atom. The summed E-state index contributed by atoms with van der Waals surface area (Å²) < 4.78 is 19.4. The highest BCUT2D eigenvalue weighted by atomic mass is 19.1. The molecule has 2 heterocycles. The highest BCUT2D eigenvalue weighted by Crippen LogP contribution is 2.40. The summed E-state index contributed by atoms with van der Waals surface area (Å²) in [6, 6.07) is 14.7. The van der Waals surface area contributed by atoms with Crippen molar-refractivity contribution in [1.82, 2.24) is 10.6 Å². The number of nitrogens with one attached hydrogen (secondary N) is 2. The molecule has 2 unspecified atom stereocenters. The first-order valence-electron chi connectivity index (χ1n) is 10.9. The van der Waals surface area contributed by atoms with Gasteiger partial charge in [0.05, 0.1) is 24.3 Å². The average molecular weight is 407 g/mol. The maximum atomic E-state index is 13.8. The first-order valence-corrected chi connectivity index (χ1v) is 10.9. The molecule has 2 aromatic carbocycles. The molecule has 2 aliphatic heterocycles. The van der Waals surface area contributed by atoms with Crippen molar-refractivity contribution in [3.8, 4) is 0 Å². The molecule has 1 aliphatic carbocycles. The van der Waals surface area contributed by atoms with E-state index in [1.807, 2.05) is 30.5 Å². The van der Waals surface area contributed by atoms with E-state index in [9.17, 15) is 9.18 Å². The number of halogens is 1. The van der Waals surface area contributed by atoms with Gasteiger partial charge in [-0.3, -0.25) is 4.79 Å². The van der Waals surface area contributed by atoms with Crippen LogP contribution in [0.15, 0.2) is 54.7 Å². The molecule has 2 aromatic rings. The van der Waals surface area contributed by atoms with Gasteiger partial charge in [-0.25, -0.2) is 4.39 Å². The molecule has 1 saturated carbocycles. The molecule has 0 aromatic heterocycles. The van der Waals surface area contributed by atoms with Crippen molar-refractivity contribution < 1.29 is 13.9 Å². The van der Waals surface area contributed by atoms with Crippen LogP contribution in [0.1, 0.15) is 54.5 Å². The number of rotatable bonds is 5. The Hall–Kier alpha value is -2.66. The lowest BCUT2D eigenvalue weighted by Crippen LogP contribution is -2.38. The summed E-state index contributed by atoms with van der Waals surface area (Å²) in [6.07, 6.45) is 6.14. The van der Waals surface area contributed by atoms with Crippen molar-refractivity contribution in [2.75, 3.05) is 13.2 Å². The fraction of sp³-hybridized carbons (Fsp3) is 0.400. The second kappa shape index (κ2) is 8.23. The van der Waals surface area contributed by atoms with Gasteiger partial charge in [-0.2, -0.15) is 0 Å². The number of benzene rings is 2. The Balaban J connectivity index is 1.41. The zero-order valence-electron chi connectivity index (χ0n) is 16.9. The number of hydrogen-bond acceptors (Lipinski definition) is 3. The Bertz CT molecular complexity index is 963. The van der Waals surface area contributed by atoms with E-state index in [1.165, 1.54) is 6.07 Å². The molecule has 4 nitrogen and oxygen atoms in total. The number of fused-ring (bicyclic) bond motifs is 1. The summed E-state index contributed by atoms with van der Waals surface area (Å²) in [7, 11) is 0. The summed E-state index contributed by atoms with van der Waals surface area (Å²) >= 11 is 0. The van der Waals surface area contributed by atoms with Gasteiger partial charge < -0.3 is 15.4 Å². The molecule has 1 amide bonds. The zero-order chi connectivity index (χ0) is 20.5. The number of ether oxygens (including phenoxy) is 1. The Morgan fingerprint density at radius 1 is 1.13 bits per heavy atom. The molecule has 5 rings (SSSR count). The lowest BCUT2D eigenvalue weighted by Gasteiger charge is -2.36. The van der Waals surface area contributed by atoms with Gasteiger partial charge in [0.25, 0.3) is 5.91 Å². The molecular formula is C25H27FN2O2. The minimum atomic E-state index is -0.267. The molecule has 5 heteroatoms. The van der Waals surface area contributed by atoms with Crippen molar-refractivity contribution in [2.45, 2.75) is 37.8 Å². The van der Waals surface area contributed by atoms with E-state index in [0.29, 0.717) is 17.4 Å². The summed E-state index contributed by atoms with van der Waals surface area (Å²) in [5, 5.41) is 6.68. The number of amides is 1. The minimum absolute atomic E-state index is 0.114. The summed E-state index contributed by atoms with van der Waals surface area (Å²) in [5.41, 5.74) is 3.59. The Labute approximate surface area is 176 Å². The van der Waals surface area contributed by atoms with Crippen LogP contribution >= 0.6 is 0 Å². The predicted molar refractivity (Wildman–Crippen MR) is 114 cm³/mol. The predicted octanol–water partition coefficient (Wildman–Crippen LogP) is 4.51. The van der Waals surface area contributed by atoms with E-state index in [0.717, 1.165) is 55.6 Å². The van der Waals surface area contributed by atoms with Crippen LogP contribution in [-0.2, 0) is 9.53 Å². The highest BCUT2D eigenvalue weighted by Gasteiger charge is 2.34. The lowest BCUT2D eigenvalue weighted by atomic mass is 9.77. The topological polar surface area (TPSA) is 50.4 Å². The molecule has 3 aliphatic rings. The molecule has 30 heavy (non-hydrogen) atoms. The molecule has 3 atom stereocenters. The van der Waals surface area contributed by atoms with E-state index >= 15 is 0 Å². The van der Waals surface area contributed by atoms with E-state index in [2.05, 4.69) is 16.7 Å². The standard InChI is InChI=1S/C25H27FN2O2/c26-19-8-4-7-17(13-19)23(16-5-3-6-16)28-25(29)22-14-27-24(18-11-12-30-15-18)21-10-2-1-9-20(21)22/h1-2,4,7-10,13-14,16,18,23-24,27H,3,5-6,11-12,15H2,(H,28,29)/t18?,23-,24?/m0/s1. The molecule has 1 saturated heterocycles. The van der Waals surface area contributed by atoms with Crippen LogP contribution in [0.4, 0.5) is 4.39 Å². The summed E-state index contributed by atoms with van der Waals surface area (Å²) in [5.74, 6) is 0.377. The van der Waals surface area contributed by atoms with E-state index < -0.39 is 0 Å². The van der Waals surface area contributed by atoms with Crippen molar-refractivity contribution >= 4 is 11.5 Å². The van der Waals surface area contributed by atoms with E-state index in [4.69, 9.17) is 4.74 Å². The van der Waals surface area contributed by atoms with Gasteiger partial charge in [0.1, 0.15) is 5.82 Å². The van der Waals surface area contributed by atoms with Gasteiger partial charge in [0.2, 0.25) is 0 Å². The number of hydrogen-bond donors (Lipinski definition) is 2. The molecule has 2 fully saturated rings. The second-order valence-corrected chi connectivity index (χ2v) is 8.61. The fourth-order valence-corrected chi connectivity index (χ4v) is 4.91. The van der Waals surface area contributed by atoms with Crippen LogP contribution in [-0.4, -0.2) is 19.1 Å². The Kier molecular flexibility index (Phi) is 5.30. The smallest absolute Gasteiger partial charge is 0.253 e. The molecule has 2 N–H and O–H groups in total. The monoisotopic (exact) mass is 406 g/mol. The third kappa shape index (κ3) is 3.63. The largest absolute Gasteiger partial charge is 0.383 e. The maximum absolute atomic E-state index is 13.8. The van der Waals surface area contributed by atoms with Crippen LogP contribution in [0.25, 0.3) is 5.57 Å². The average Bonchev–Trinajstić information content (AvgIpc) is 3.25. The molecule has 156 valence electrons. The molecular weight excluding hydrogens is 379 g/mol. The van der Waals surface area contributed by atoms with Gasteiger partial charge in [0.15, 0.2) is 0 Å². The van der Waals surface area contributed by atoms with Crippen molar-refractivity contribution in [3.63, 3.8) is 0 Å². The van der Waals surface area contributed by atoms with Crippen LogP contribution in [0.3, 0.4) is 0 Å². The third-order valence-corrected chi connectivity index (χ3v) is 6.79. The zero-order valence-corrected chi connectivity index (χ0v) is 16.9. The minimum Gasteiger partial charge on any atom is -0.383 e. The normalized spacial score (nSPS) is 24.2. The van der Waals surface area contributed by atoms with Gasteiger partial charge in [-0.1, -0.05) is 42.8 Å². The van der Waals surface area contributed by atoms with Crippen molar-refractivity contribution in [1.29, 1.82) is 0 Å². The molecule has 0 bridgehead atoms. The van der Waals surface area contributed by atoms with Crippen molar-refractivity contribution in [3.05, 3.63) is 77.2 Å². The number of carbonyl (C=O) groups excluding carboxylic acids is 1. The SMILES string of the molecule is O=C(N[C@H](c1cccc(F)c1)C1CCC1)C1=CNC(C2CCOC2)c2ccccc21. The summed E-state index contributed by atoms with van der Waals surface area (Å²) in [6.45, 7) is 1.53. The van der Waals surface area contributed by atoms with Crippen LogP contribution in [0.2, 0.25) is 0 Å². The van der Waals surface area contributed by atoms with Crippen molar-refractivity contribution in [2.24, 2.45) is 11.8 Å². The lowest BCUT2D eigenvalue weighted by molar-refractivity contribution is -0.117. The highest BCUT2D eigenvalue weighted by molar-refractivity contribution is 6.20. The first kappa shape index (κ1) is 19.3. The van der Waals surface area contributed by atoms with E-state index in [1.54, 1.807) is 12.1 Å². The third-order valence-electron chi connectivity index (χ3n) is 6.79. The van der Waals surface area contributed by atoms with Gasteiger partial charge >= 0.3 is 0 Å². The van der Waals surface area contributed by atoms with Crippen LogP contribution < -0.4 is 10.6 Å². The molecule has 0 radical (unpaired) electrons. The first-order chi connectivity index (χ1) is 14.7. The van der Waals surface area contributed by atoms with Gasteiger partial charge in [-0.15, -0.1) is 0 Å². The number of carbonyl (C=O) groups is 1. The van der Waals surface area contributed by atoms with Crippen LogP contribution in [0, 0.1) is 17.7 Å². The van der Waals surface area contributed by atoms with Crippen LogP contribution in [0.5, 0.6) is 0 Å². The Morgan fingerprint density at radius 2 is 2.00 bits per heavy atom. The summed E-state index contributed by atoms with van der Waals surface area (Å²) in [4.78, 5) is 13.4. The fourth-order valence-electron chi connectivity index (χ4n) is 4.91. The molecule has 0 spiro atoms. The van der Waals surface area contributed by atoms with Gasteiger partial charge in [-0.05, 0) is 54.0 Å². The van der Waals surface area contributed by atoms with E-state index in [-0.39, 0.29) is 23.8 Å². The van der Waals surface area contributed by atoms with Gasteiger partial charge in [0, 0.05) is 18.7 Å².